The lowest BCUT2D eigenvalue weighted by Gasteiger charge is -2.16. The number of benzene rings is 1. The van der Waals surface area contributed by atoms with Crippen molar-refractivity contribution in [2.24, 2.45) is 0 Å². The van der Waals surface area contributed by atoms with Gasteiger partial charge >= 0.3 is 6.03 Å². The van der Waals surface area contributed by atoms with Crippen LogP contribution in [0.3, 0.4) is 0 Å². The number of fused-ring (bicyclic) bond motifs is 1. The van der Waals surface area contributed by atoms with Crippen molar-refractivity contribution >= 4 is 23.0 Å². The van der Waals surface area contributed by atoms with Crippen LogP contribution in [0.1, 0.15) is 11.8 Å². The topological polar surface area (TPSA) is 160 Å². The van der Waals surface area contributed by atoms with Crippen molar-refractivity contribution in [3.63, 3.8) is 0 Å². The number of carbonyl (C=O) groups is 1. The summed E-state index contributed by atoms with van der Waals surface area (Å²) in [5.74, 6) is 0.204. The van der Waals surface area contributed by atoms with Gasteiger partial charge in [-0.05, 0) is 5.56 Å². The van der Waals surface area contributed by atoms with Gasteiger partial charge in [0.1, 0.15) is 30.2 Å². The summed E-state index contributed by atoms with van der Waals surface area (Å²) in [6, 6.07) is 9.06. The lowest BCUT2D eigenvalue weighted by molar-refractivity contribution is -0.0335. The van der Waals surface area contributed by atoms with Gasteiger partial charge in [0.2, 0.25) is 0 Å². The number of urea groups is 1. The summed E-state index contributed by atoms with van der Waals surface area (Å²) >= 11 is 0. The third kappa shape index (κ3) is 3.83. The molecule has 0 radical (unpaired) electrons. The Morgan fingerprint density at radius 2 is 1.93 bits per heavy atom. The van der Waals surface area contributed by atoms with E-state index >= 15 is 0 Å². The van der Waals surface area contributed by atoms with Crippen LogP contribution in [0.4, 0.5) is 10.6 Å². The number of aliphatic hydroxyl groups is 2. The molecule has 0 spiro atoms. The zero-order chi connectivity index (χ0) is 20.4. The minimum absolute atomic E-state index is 0.0130. The molecule has 1 aliphatic heterocycles. The van der Waals surface area contributed by atoms with Crippen molar-refractivity contribution in [2.45, 2.75) is 31.1 Å². The predicted octanol–water partition coefficient (Wildman–Crippen LogP) is -0.473. The number of nitrogens with two attached hydrogens (primary N) is 1. The van der Waals surface area contributed by atoms with Crippen molar-refractivity contribution in [3.05, 3.63) is 48.5 Å². The van der Waals surface area contributed by atoms with Crippen LogP contribution in [0.5, 0.6) is 0 Å². The number of carbonyl (C=O) groups excluding carboxylic acids is 1. The summed E-state index contributed by atoms with van der Waals surface area (Å²) in [6.45, 7) is 0.382. The average Bonchev–Trinajstić information content (AvgIpc) is 3.28. The number of imidazole rings is 1. The van der Waals surface area contributed by atoms with E-state index in [2.05, 4.69) is 25.6 Å². The van der Waals surface area contributed by atoms with E-state index in [0.717, 1.165) is 5.56 Å². The lowest BCUT2D eigenvalue weighted by atomic mass is 10.1. The number of aliphatic hydroxyl groups excluding tert-OH is 2. The molecule has 3 aromatic rings. The highest BCUT2D eigenvalue weighted by Crippen LogP contribution is 2.31. The monoisotopic (exact) mass is 399 g/mol. The quantitative estimate of drug-likeness (QED) is 0.385. The molecule has 2 unspecified atom stereocenters. The fourth-order valence-electron chi connectivity index (χ4n) is 3.22. The number of hydrogen-bond donors (Lipinski definition) is 5. The number of amides is 2. The highest BCUT2D eigenvalue weighted by Gasteiger charge is 2.44. The zero-order valence-corrected chi connectivity index (χ0v) is 15.3. The van der Waals surface area contributed by atoms with Crippen molar-refractivity contribution in [1.82, 2.24) is 30.2 Å². The van der Waals surface area contributed by atoms with Crippen LogP contribution >= 0.6 is 0 Å². The average molecular weight is 399 g/mol. The van der Waals surface area contributed by atoms with E-state index < -0.39 is 30.6 Å². The molecule has 152 valence electrons. The fraction of sp³-hybridized carbons (Fsp3) is 0.333. The summed E-state index contributed by atoms with van der Waals surface area (Å²) in [6.07, 6.45) is -1.48. The Hall–Kier alpha value is -3.28. The van der Waals surface area contributed by atoms with E-state index in [0.29, 0.717) is 17.7 Å². The molecule has 6 N–H and O–H groups in total. The summed E-state index contributed by atoms with van der Waals surface area (Å²) < 4.78 is 7.25. The Kier molecular flexibility index (Phi) is 5.25. The second-order valence-electron chi connectivity index (χ2n) is 6.68. The van der Waals surface area contributed by atoms with Gasteiger partial charge in [0.25, 0.3) is 0 Å². The molecule has 0 aliphatic carbocycles. The molecule has 29 heavy (non-hydrogen) atoms. The molecule has 2 aromatic heterocycles. The third-order valence-electron chi connectivity index (χ3n) is 4.76. The molecule has 4 atom stereocenters. The van der Waals surface area contributed by atoms with Gasteiger partial charge in [-0.15, -0.1) is 0 Å². The van der Waals surface area contributed by atoms with Gasteiger partial charge in [-0.25, -0.2) is 19.7 Å². The van der Waals surface area contributed by atoms with Crippen molar-refractivity contribution < 1.29 is 19.7 Å². The number of ether oxygens (including phenoxy) is 1. The van der Waals surface area contributed by atoms with Crippen molar-refractivity contribution in [3.8, 4) is 0 Å². The SMILES string of the molecule is Nc1ncnc2c1ncn2[C@@H]1O[C@H](CNC(=O)NCc2ccccc2)C(O)C1O. The first-order valence-corrected chi connectivity index (χ1v) is 9.05. The summed E-state index contributed by atoms with van der Waals surface area (Å²) in [5.41, 5.74) is 7.49. The molecule has 3 heterocycles. The largest absolute Gasteiger partial charge is 0.387 e. The Labute approximate surface area is 165 Å². The molecule has 1 saturated heterocycles. The first-order valence-electron chi connectivity index (χ1n) is 9.05. The number of nitrogen functional groups attached to an aromatic ring is 1. The highest BCUT2D eigenvalue weighted by atomic mass is 16.6. The Bertz CT molecular complexity index is 996. The molecule has 1 aromatic carbocycles. The maximum absolute atomic E-state index is 12.0. The summed E-state index contributed by atoms with van der Waals surface area (Å²) in [4.78, 5) is 24.1. The van der Waals surface area contributed by atoms with Crippen LogP contribution in [0.2, 0.25) is 0 Å². The van der Waals surface area contributed by atoms with E-state index in [1.54, 1.807) is 0 Å². The molecule has 0 saturated carbocycles. The lowest BCUT2D eigenvalue weighted by Crippen LogP contribution is -2.43. The summed E-state index contributed by atoms with van der Waals surface area (Å²) in [5, 5.41) is 26.1. The second-order valence-corrected chi connectivity index (χ2v) is 6.68. The molecule has 0 bridgehead atoms. The number of aromatic nitrogens is 4. The predicted molar refractivity (Wildman–Crippen MR) is 102 cm³/mol. The van der Waals surface area contributed by atoms with Crippen molar-refractivity contribution in [2.75, 3.05) is 12.3 Å². The van der Waals surface area contributed by atoms with Crippen molar-refractivity contribution in [1.29, 1.82) is 0 Å². The molecule has 11 nitrogen and oxygen atoms in total. The maximum atomic E-state index is 12.0. The number of nitrogens with one attached hydrogen (secondary N) is 2. The Morgan fingerprint density at radius 1 is 1.14 bits per heavy atom. The molecule has 2 amide bonds. The van der Waals surface area contributed by atoms with Crippen LogP contribution in [0.15, 0.2) is 43.0 Å². The first-order chi connectivity index (χ1) is 14.0. The van der Waals surface area contributed by atoms with Gasteiger partial charge in [-0.2, -0.15) is 0 Å². The van der Waals surface area contributed by atoms with Crippen LogP contribution in [-0.4, -0.2) is 60.6 Å². The number of rotatable bonds is 5. The first kappa shape index (κ1) is 19.1. The molecular formula is C18H21N7O4. The fourth-order valence-corrected chi connectivity index (χ4v) is 3.22. The zero-order valence-electron chi connectivity index (χ0n) is 15.3. The number of nitrogens with zero attached hydrogens (tertiary/aromatic N) is 4. The third-order valence-corrected chi connectivity index (χ3v) is 4.76. The standard InChI is InChI=1S/C18H21N7O4/c19-15-12-16(23-8-22-15)25(9-24-12)17-14(27)13(26)11(29-17)7-21-18(28)20-6-10-4-2-1-3-5-10/h1-5,8-9,11,13-14,17,26-27H,6-7H2,(H2,19,22,23)(H2,20,21,28)/t11-,13?,14?,17-/m1/s1. The molecule has 1 fully saturated rings. The molecule has 1 aliphatic rings. The Balaban J connectivity index is 1.37. The van der Waals surface area contributed by atoms with Crippen LogP contribution in [-0.2, 0) is 11.3 Å². The van der Waals surface area contributed by atoms with E-state index in [4.69, 9.17) is 10.5 Å². The number of anilines is 1. The molecule has 4 rings (SSSR count). The maximum Gasteiger partial charge on any atom is 0.315 e. The van der Waals surface area contributed by atoms with E-state index in [9.17, 15) is 15.0 Å². The van der Waals surface area contributed by atoms with E-state index in [1.165, 1.54) is 17.2 Å². The summed E-state index contributed by atoms with van der Waals surface area (Å²) in [7, 11) is 0. The van der Waals surface area contributed by atoms with Gasteiger partial charge in [-0.3, -0.25) is 4.57 Å². The van der Waals surface area contributed by atoms with Gasteiger partial charge in [0, 0.05) is 13.1 Å². The second kappa shape index (κ2) is 7.99. The highest BCUT2D eigenvalue weighted by molar-refractivity contribution is 5.81. The number of hydrogen-bond acceptors (Lipinski definition) is 8. The van der Waals surface area contributed by atoms with E-state index in [1.807, 2.05) is 30.3 Å². The Morgan fingerprint density at radius 3 is 2.72 bits per heavy atom. The van der Waals surface area contributed by atoms with E-state index in [-0.39, 0.29) is 12.4 Å². The molecular weight excluding hydrogens is 378 g/mol. The van der Waals surface area contributed by atoms with Crippen LogP contribution in [0.25, 0.3) is 11.2 Å². The van der Waals surface area contributed by atoms with Gasteiger partial charge in [0.15, 0.2) is 17.7 Å². The van der Waals surface area contributed by atoms with Gasteiger partial charge in [-0.1, -0.05) is 30.3 Å². The minimum atomic E-state index is -1.23. The van der Waals surface area contributed by atoms with Crippen LogP contribution in [0, 0.1) is 0 Å². The van der Waals surface area contributed by atoms with Crippen LogP contribution < -0.4 is 16.4 Å². The van der Waals surface area contributed by atoms with Gasteiger partial charge < -0.3 is 31.3 Å². The van der Waals surface area contributed by atoms with Gasteiger partial charge in [0.05, 0.1) is 6.33 Å². The molecule has 11 heteroatoms. The minimum Gasteiger partial charge on any atom is -0.387 e. The smallest absolute Gasteiger partial charge is 0.315 e. The normalized spacial score (nSPS) is 23.9.